The van der Waals surface area contributed by atoms with Crippen LogP contribution in [0.15, 0.2) is 18.2 Å². The summed E-state index contributed by atoms with van der Waals surface area (Å²) in [6, 6.07) is 8.03. The summed E-state index contributed by atoms with van der Waals surface area (Å²) in [6.45, 7) is 8.17. The predicted octanol–water partition coefficient (Wildman–Crippen LogP) is 3.31. The van der Waals surface area contributed by atoms with Crippen LogP contribution in [0.1, 0.15) is 29.5 Å². The highest BCUT2D eigenvalue weighted by Gasteiger charge is 2.43. The number of alkyl halides is 6. The van der Waals surface area contributed by atoms with Crippen LogP contribution < -0.4 is 0 Å². The number of nitrogens with zero attached hydrogens (tertiary/aromatic N) is 3. The Labute approximate surface area is 210 Å². The van der Waals surface area contributed by atoms with Crippen LogP contribution in [0, 0.1) is 13.8 Å². The molecule has 0 saturated carbocycles. The summed E-state index contributed by atoms with van der Waals surface area (Å²) in [4.78, 5) is 36.5. The van der Waals surface area contributed by atoms with Crippen LogP contribution in [0.4, 0.5) is 26.3 Å². The van der Waals surface area contributed by atoms with Gasteiger partial charge < -0.3 is 15.1 Å². The molecule has 3 rings (SSSR count). The molecule has 210 valence electrons. The molecule has 2 fully saturated rings. The van der Waals surface area contributed by atoms with Crippen molar-refractivity contribution in [2.75, 3.05) is 33.7 Å². The number of hydrogen-bond acceptors (Lipinski definition) is 5. The van der Waals surface area contributed by atoms with Crippen LogP contribution in [-0.2, 0) is 20.9 Å². The molecule has 14 heteroatoms. The molecule has 0 bridgehead atoms. The van der Waals surface area contributed by atoms with Gasteiger partial charge in [0.25, 0.3) is 0 Å². The Balaban J connectivity index is 0.000000404. The SMILES string of the molecule is Cc1cc(C)cc(CN2CCC3C2CCN3CC(=O)N(C)C)c1.O=C(O)C(F)(F)F.O=C(O)C(F)(F)F. The summed E-state index contributed by atoms with van der Waals surface area (Å²) in [7, 11) is 3.69. The second kappa shape index (κ2) is 13.1. The maximum atomic E-state index is 12.0. The number of carboxylic acid groups (broad SMARTS) is 2. The number of aryl methyl sites for hydroxylation is 2. The van der Waals surface area contributed by atoms with Gasteiger partial charge in [-0.25, -0.2) is 9.59 Å². The largest absolute Gasteiger partial charge is 0.490 e. The van der Waals surface area contributed by atoms with Crippen LogP contribution in [0.25, 0.3) is 0 Å². The highest BCUT2D eigenvalue weighted by atomic mass is 19.4. The number of aliphatic carboxylic acids is 2. The average molecular weight is 544 g/mol. The molecule has 2 atom stereocenters. The zero-order chi connectivity index (χ0) is 28.7. The first-order chi connectivity index (χ1) is 16.8. The van der Waals surface area contributed by atoms with Crippen molar-refractivity contribution in [2.45, 2.75) is 57.7 Å². The Bertz CT molecular complexity index is 908. The number of carbonyl (C=O) groups is 3. The van der Waals surface area contributed by atoms with Crippen molar-refractivity contribution in [3.63, 3.8) is 0 Å². The van der Waals surface area contributed by atoms with E-state index in [0.717, 1.165) is 19.6 Å². The topological polar surface area (TPSA) is 101 Å². The van der Waals surface area contributed by atoms with Gasteiger partial charge >= 0.3 is 24.3 Å². The highest BCUT2D eigenvalue weighted by Crippen LogP contribution is 2.32. The third-order valence-electron chi connectivity index (χ3n) is 5.80. The molecule has 2 aliphatic heterocycles. The van der Waals surface area contributed by atoms with Gasteiger partial charge in [0, 0.05) is 45.8 Å². The monoisotopic (exact) mass is 543 g/mol. The van der Waals surface area contributed by atoms with Gasteiger partial charge in [0.15, 0.2) is 0 Å². The Morgan fingerprint density at radius 1 is 0.838 bits per heavy atom. The summed E-state index contributed by atoms with van der Waals surface area (Å²) in [6.07, 6.45) is -7.79. The molecule has 0 radical (unpaired) electrons. The summed E-state index contributed by atoms with van der Waals surface area (Å²) in [5, 5.41) is 14.2. The van der Waals surface area contributed by atoms with Crippen LogP contribution in [0.3, 0.4) is 0 Å². The smallest absolute Gasteiger partial charge is 0.475 e. The van der Waals surface area contributed by atoms with E-state index in [1.54, 1.807) is 4.90 Å². The van der Waals surface area contributed by atoms with Crippen LogP contribution in [0.2, 0.25) is 0 Å². The fraction of sp³-hybridized carbons (Fsp3) is 0.609. The number of halogens is 6. The van der Waals surface area contributed by atoms with Crippen molar-refractivity contribution < 1.29 is 50.9 Å². The minimum absolute atomic E-state index is 0.221. The normalized spacial score (nSPS) is 19.7. The van der Waals surface area contributed by atoms with Crippen molar-refractivity contribution in [3.05, 3.63) is 34.9 Å². The molecule has 8 nitrogen and oxygen atoms in total. The van der Waals surface area contributed by atoms with Crippen molar-refractivity contribution >= 4 is 17.8 Å². The molecule has 0 spiro atoms. The first kappa shape index (κ1) is 32.2. The molecular formula is C23H31F6N3O5. The number of amides is 1. The number of fused-ring (bicyclic) bond motifs is 1. The maximum absolute atomic E-state index is 12.0. The average Bonchev–Trinajstić information content (AvgIpc) is 3.30. The number of benzene rings is 1. The molecule has 37 heavy (non-hydrogen) atoms. The standard InChI is InChI=1S/C19H29N3O.2C2HF3O2/c1-14-9-15(2)11-16(10-14)12-21-7-5-18-17(21)6-8-22(18)13-19(23)20(3)4;2*3-2(4,5)1(6)7/h9-11,17-18H,5-8,12-13H2,1-4H3;2*(H,6,7). The van der Waals surface area contributed by atoms with Crippen molar-refractivity contribution in [1.29, 1.82) is 0 Å². The van der Waals surface area contributed by atoms with Gasteiger partial charge in [0.1, 0.15) is 0 Å². The van der Waals surface area contributed by atoms with Gasteiger partial charge in [-0.05, 0) is 32.3 Å². The second-order valence-corrected chi connectivity index (χ2v) is 9.04. The molecule has 1 aromatic rings. The fourth-order valence-corrected chi connectivity index (χ4v) is 4.27. The number of likely N-dealkylation sites (N-methyl/N-ethyl adjacent to an activating group) is 1. The fourth-order valence-electron chi connectivity index (χ4n) is 4.27. The van der Waals surface area contributed by atoms with E-state index in [2.05, 4.69) is 41.8 Å². The van der Waals surface area contributed by atoms with Crippen molar-refractivity contribution in [3.8, 4) is 0 Å². The van der Waals surface area contributed by atoms with E-state index in [4.69, 9.17) is 19.8 Å². The minimum atomic E-state index is -5.08. The van der Waals surface area contributed by atoms with Crippen molar-refractivity contribution in [2.24, 2.45) is 0 Å². The zero-order valence-corrected chi connectivity index (χ0v) is 20.9. The number of rotatable bonds is 4. The number of likely N-dealkylation sites (tertiary alicyclic amines) is 2. The van der Waals surface area contributed by atoms with E-state index in [1.807, 2.05) is 14.1 Å². The summed E-state index contributed by atoms with van der Waals surface area (Å²) in [5.74, 6) is -5.29. The zero-order valence-electron chi connectivity index (χ0n) is 20.9. The molecule has 2 saturated heterocycles. The quantitative estimate of drug-likeness (QED) is 0.562. The van der Waals surface area contributed by atoms with E-state index < -0.39 is 24.3 Å². The van der Waals surface area contributed by atoms with E-state index in [0.29, 0.717) is 18.6 Å². The van der Waals surface area contributed by atoms with Gasteiger partial charge in [-0.3, -0.25) is 14.6 Å². The molecular weight excluding hydrogens is 512 g/mol. The molecule has 2 unspecified atom stereocenters. The highest BCUT2D eigenvalue weighted by molar-refractivity contribution is 5.77. The predicted molar refractivity (Wildman–Crippen MR) is 121 cm³/mol. The Morgan fingerprint density at radius 2 is 1.22 bits per heavy atom. The minimum Gasteiger partial charge on any atom is -0.475 e. The molecule has 0 aromatic heterocycles. The molecule has 0 aliphatic carbocycles. The second-order valence-electron chi connectivity index (χ2n) is 9.04. The Morgan fingerprint density at radius 3 is 1.59 bits per heavy atom. The van der Waals surface area contributed by atoms with Crippen LogP contribution >= 0.6 is 0 Å². The summed E-state index contributed by atoms with van der Waals surface area (Å²) < 4.78 is 63.5. The first-order valence-corrected chi connectivity index (χ1v) is 11.2. The molecule has 2 heterocycles. The van der Waals surface area contributed by atoms with Gasteiger partial charge in [0.05, 0.1) is 6.54 Å². The third kappa shape index (κ3) is 10.6. The molecule has 1 aromatic carbocycles. The number of carbonyl (C=O) groups excluding carboxylic acids is 1. The van der Waals surface area contributed by atoms with Gasteiger partial charge in [0.2, 0.25) is 5.91 Å². The lowest BCUT2D eigenvalue weighted by Crippen LogP contribution is -2.41. The van der Waals surface area contributed by atoms with E-state index >= 15 is 0 Å². The maximum Gasteiger partial charge on any atom is 0.490 e. The van der Waals surface area contributed by atoms with Crippen molar-refractivity contribution in [1.82, 2.24) is 14.7 Å². The molecule has 1 amide bonds. The summed E-state index contributed by atoms with van der Waals surface area (Å²) in [5.41, 5.74) is 4.12. The lowest BCUT2D eigenvalue weighted by molar-refractivity contribution is -0.193. The first-order valence-electron chi connectivity index (χ1n) is 11.2. The van der Waals surface area contributed by atoms with Gasteiger partial charge in [-0.15, -0.1) is 0 Å². The summed E-state index contributed by atoms with van der Waals surface area (Å²) >= 11 is 0. The van der Waals surface area contributed by atoms with Gasteiger partial charge in [-0.1, -0.05) is 29.3 Å². The lowest BCUT2D eigenvalue weighted by Gasteiger charge is -2.26. The number of hydrogen-bond donors (Lipinski definition) is 2. The lowest BCUT2D eigenvalue weighted by atomic mass is 10.1. The van der Waals surface area contributed by atoms with E-state index in [-0.39, 0.29) is 5.91 Å². The number of carboxylic acids is 2. The Kier molecular flexibility index (Phi) is 11.4. The third-order valence-corrected chi connectivity index (χ3v) is 5.80. The Hall–Kier alpha value is -2.87. The molecule has 2 aliphatic rings. The van der Waals surface area contributed by atoms with E-state index in [9.17, 15) is 31.1 Å². The van der Waals surface area contributed by atoms with Crippen LogP contribution in [0.5, 0.6) is 0 Å². The van der Waals surface area contributed by atoms with Crippen LogP contribution in [-0.4, -0.2) is 101 Å². The van der Waals surface area contributed by atoms with E-state index in [1.165, 1.54) is 29.5 Å². The molecule has 2 N–H and O–H groups in total. The van der Waals surface area contributed by atoms with Gasteiger partial charge in [-0.2, -0.15) is 26.3 Å².